The zero-order valence-electron chi connectivity index (χ0n) is 10.0. The van der Waals surface area contributed by atoms with Crippen LogP contribution >= 0.6 is 0 Å². The second-order valence-corrected chi connectivity index (χ2v) is 4.91. The Morgan fingerprint density at radius 3 is 2.81 bits per heavy atom. The smallest absolute Gasteiger partial charge is 0.0629 e. The maximum Gasteiger partial charge on any atom is 0.0629 e. The van der Waals surface area contributed by atoms with Gasteiger partial charge in [-0.3, -0.25) is 0 Å². The minimum atomic E-state index is -0.420. The van der Waals surface area contributed by atoms with Gasteiger partial charge >= 0.3 is 0 Å². The number of hydrogen-bond donors (Lipinski definition) is 2. The molecule has 1 unspecified atom stereocenters. The molecule has 1 aliphatic rings. The molecule has 1 saturated heterocycles. The van der Waals surface area contributed by atoms with Crippen molar-refractivity contribution in [1.29, 1.82) is 0 Å². The number of anilines is 1. The summed E-state index contributed by atoms with van der Waals surface area (Å²) in [6.07, 6.45) is 0.858. The van der Waals surface area contributed by atoms with E-state index in [4.69, 9.17) is 5.73 Å². The fraction of sp³-hybridized carbons (Fsp3) is 0.538. The molecule has 16 heavy (non-hydrogen) atoms. The largest absolute Gasteiger partial charge is 0.394 e. The molecule has 0 spiro atoms. The monoisotopic (exact) mass is 220 g/mol. The van der Waals surface area contributed by atoms with E-state index in [-0.39, 0.29) is 6.61 Å². The predicted molar refractivity (Wildman–Crippen MR) is 66.8 cm³/mol. The molecule has 1 aromatic rings. The molecule has 0 saturated carbocycles. The number of nitrogens with two attached hydrogens (primary N) is 1. The molecule has 1 fully saturated rings. The van der Waals surface area contributed by atoms with Gasteiger partial charge in [0, 0.05) is 18.8 Å². The Kier molecular flexibility index (Phi) is 2.91. The lowest BCUT2D eigenvalue weighted by Gasteiger charge is -2.25. The molecule has 1 aliphatic heterocycles. The third kappa shape index (κ3) is 1.93. The lowest BCUT2D eigenvalue weighted by molar-refractivity contribution is 0.210. The SMILES string of the molecule is Cc1cccc(N2CCC(N)(CO)C2)c1C. The Labute approximate surface area is 96.9 Å². The summed E-state index contributed by atoms with van der Waals surface area (Å²) in [7, 11) is 0. The van der Waals surface area contributed by atoms with Crippen molar-refractivity contribution < 1.29 is 5.11 Å². The van der Waals surface area contributed by atoms with Crippen LogP contribution in [0.15, 0.2) is 18.2 Å². The van der Waals surface area contributed by atoms with Crippen LogP contribution in [0, 0.1) is 13.8 Å². The van der Waals surface area contributed by atoms with Gasteiger partial charge in [-0.15, -0.1) is 0 Å². The first-order valence-corrected chi connectivity index (χ1v) is 5.77. The number of aliphatic hydroxyl groups is 1. The van der Waals surface area contributed by atoms with Gasteiger partial charge in [-0.2, -0.15) is 0 Å². The Bertz CT molecular complexity index is 392. The Morgan fingerprint density at radius 2 is 2.19 bits per heavy atom. The Balaban J connectivity index is 2.24. The molecule has 3 heteroatoms. The van der Waals surface area contributed by atoms with Crippen LogP contribution in [0.3, 0.4) is 0 Å². The van der Waals surface area contributed by atoms with Gasteiger partial charge in [0.15, 0.2) is 0 Å². The maximum atomic E-state index is 9.26. The number of hydrogen-bond acceptors (Lipinski definition) is 3. The van der Waals surface area contributed by atoms with Gasteiger partial charge in [0.25, 0.3) is 0 Å². The highest BCUT2D eigenvalue weighted by Gasteiger charge is 2.34. The van der Waals surface area contributed by atoms with Gasteiger partial charge < -0.3 is 15.7 Å². The molecule has 1 heterocycles. The molecule has 0 amide bonds. The topological polar surface area (TPSA) is 49.5 Å². The molecular weight excluding hydrogens is 200 g/mol. The quantitative estimate of drug-likeness (QED) is 0.787. The van der Waals surface area contributed by atoms with Gasteiger partial charge in [-0.25, -0.2) is 0 Å². The van der Waals surface area contributed by atoms with Gasteiger partial charge in [0.05, 0.1) is 12.1 Å². The van der Waals surface area contributed by atoms with E-state index in [1.165, 1.54) is 16.8 Å². The molecular formula is C13H20N2O. The fourth-order valence-electron chi connectivity index (χ4n) is 2.31. The summed E-state index contributed by atoms with van der Waals surface area (Å²) >= 11 is 0. The van der Waals surface area contributed by atoms with Crippen molar-refractivity contribution in [2.45, 2.75) is 25.8 Å². The fourth-order valence-corrected chi connectivity index (χ4v) is 2.31. The highest BCUT2D eigenvalue weighted by atomic mass is 16.3. The maximum absolute atomic E-state index is 9.26. The van der Waals surface area contributed by atoms with Crippen molar-refractivity contribution in [3.8, 4) is 0 Å². The minimum Gasteiger partial charge on any atom is -0.394 e. The zero-order valence-corrected chi connectivity index (χ0v) is 10.0. The van der Waals surface area contributed by atoms with Crippen LogP contribution in [0.1, 0.15) is 17.5 Å². The highest BCUT2D eigenvalue weighted by Crippen LogP contribution is 2.28. The average Bonchev–Trinajstić information content (AvgIpc) is 2.66. The molecule has 1 aromatic carbocycles. The molecule has 3 N–H and O–H groups in total. The molecule has 0 radical (unpaired) electrons. The molecule has 88 valence electrons. The van der Waals surface area contributed by atoms with Crippen LogP contribution in [0.4, 0.5) is 5.69 Å². The number of nitrogens with zero attached hydrogens (tertiary/aromatic N) is 1. The lowest BCUT2D eigenvalue weighted by Crippen LogP contribution is -2.46. The summed E-state index contributed by atoms with van der Waals surface area (Å²) in [5.41, 5.74) is 9.52. The van der Waals surface area contributed by atoms with Crippen molar-refractivity contribution in [1.82, 2.24) is 0 Å². The van der Waals surface area contributed by atoms with E-state index < -0.39 is 5.54 Å². The zero-order chi connectivity index (χ0) is 11.8. The van der Waals surface area contributed by atoms with E-state index in [1.54, 1.807) is 0 Å². The Morgan fingerprint density at radius 1 is 1.44 bits per heavy atom. The van der Waals surface area contributed by atoms with Crippen LogP contribution in [-0.2, 0) is 0 Å². The van der Waals surface area contributed by atoms with Crippen LogP contribution in [0.5, 0.6) is 0 Å². The molecule has 0 aromatic heterocycles. The number of benzene rings is 1. The summed E-state index contributed by atoms with van der Waals surface area (Å²) in [5, 5.41) is 9.26. The van der Waals surface area contributed by atoms with E-state index in [9.17, 15) is 5.11 Å². The van der Waals surface area contributed by atoms with Crippen LogP contribution in [0.2, 0.25) is 0 Å². The summed E-state index contributed by atoms with van der Waals surface area (Å²) in [4.78, 5) is 2.28. The van der Waals surface area contributed by atoms with Gasteiger partial charge in [-0.1, -0.05) is 12.1 Å². The number of aliphatic hydroxyl groups excluding tert-OH is 1. The standard InChI is InChI=1S/C13H20N2O/c1-10-4-3-5-12(11(10)2)15-7-6-13(14,8-15)9-16/h3-5,16H,6-9,14H2,1-2H3. The van der Waals surface area contributed by atoms with E-state index in [0.717, 1.165) is 19.5 Å². The van der Waals surface area contributed by atoms with Crippen molar-refractivity contribution in [3.05, 3.63) is 29.3 Å². The van der Waals surface area contributed by atoms with E-state index in [1.807, 2.05) is 0 Å². The summed E-state index contributed by atoms with van der Waals surface area (Å²) in [5.74, 6) is 0. The second kappa shape index (κ2) is 4.07. The number of rotatable bonds is 2. The van der Waals surface area contributed by atoms with E-state index >= 15 is 0 Å². The molecule has 3 nitrogen and oxygen atoms in total. The van der Waals surface area contributed by atoms with E-state index in [0.29, 0.717) is 0 Å². The van der Waals surface area contributed by atoms with Gasteiger partial charge in [-0.05, 0) is 37.5 Å². The van der Waals surface area contributed by atoms with Crippen molar-refractivity contribution in [2.24, 2.45) is 5.73 Å². The Hall–Kier alpha value is -1.06. The first kappa shape index (κ1) is 11.4. The van der Waals surface area contributed by atoms with Crippen molar-refractivity contribution in [3.63, 3.8) is 0 Å². The van der Waals surface area contributed by atoms with E-state index in [2.05, 4.69) is 36.9 Å². The van der Waals surface area contributed by atoms with Crippen molar-refractivity contribution in [2.75, 3.05) is 24.6 Å². The molecule has 2 rings (SSSR count). The van der Waals surface area contributed by atoms with Crippen LogP contribution in [-0.4, -0.2) is 30.3 Å². The lowest BCUT2D eigenvalue weighted by atomic mass is 10.0. The highest BCUT2D eigenvalue weighted by molar-refractivity contribution is 5.57. The third-order valence-electron chi connectivity index (χ3n) is 3.62. The summed E-state index contributed by atoms with van der Waals surface area (Å²) < 4.78 is 0. The number of aryl methyl sites for hydroxylation is 1. The third-order valence-corrected chi connectivity index (χ3v) is 3.62. The first-order valence-electron chi connectivity index (χ1n) is 5.77. The first-order chi connectivity index (χ1) is 7.56. The predicted octanol–water partition coefficient (Wildman–Crippen LogP) is 1.20. The van der Waals surface area contributed by atoms with Gasteiger partial charge in [0.1, 0.15) is 0 Å². The summed E-state index contributed by atoms with van der Waals surface area (Å²) in [6.45, 7) is 6.00. The van der Waals surface area contributed by atoms with Crippen molar-refractivity contribution >= 4 is 5.69 Å². The van der Waals surface area contributed by atoms with Crippen LogP contribution in [0.25, 0.3) is 0 Å². The molecule has 0 aliphatic carbocycles. The minimum absolute atomic E-state index is 0.0639. The van der Waals surface area contributed by atoms with Gasteiger partial charge in [0.2, 0.25) is 0 Å². The molecule has 1 atom stereocenters. The summed E-state index contributed by atoms with van der Waals surface area (Å²) in [6, 6.07) is 6.33. The second-order valence-electron chi connectivity index (χ2n) is 4.91. The normalized spacial score (nSPS) is 25.1. The van der Waals surface area contributed by atoms with Crippen LogP contribution < -0.4 is 10.6 Å². The average molecular weight is 220 g/mol. The molecule has 0 bridgehead atoms.